The molecule has 0 radical (unpaired) electrons. The molecule has 2 aromatic carbocycles. The van der Waals surface area contributed by atoms with Crippen molar-refractivity contribution in [2.45, 2.75) is 45.1 Å². The van der Waals surface area contributed by atoms with Crippen molar-refractivity contribution in [2.75, 3.05) is 6.54 Å². The minimum absolute atomic E-state index is 0. The highest BCUT2D eigenvalue weighted by atomic mass is 127. The summed E-state index contributed by atoms with van der Waals surface area (Å²) in [5.74, 6) is 0.758. The molecule has 1 fully saturated rings. The third-order valence-electron chi connectivity index (χ3n) is 5.49. The van der Waals surface area contributed by atoms with Gasteiger partial charge in [-0.2, -0.15) is 0 Å². The van der Waals surface area contributed by atoms with Gasteiger partial charge in [0, 0.05) is 23.5 Å². The van der Waals surface area contributed by atoms with Gasteiger partial charge in [0.1, 0.15) is 6.54 Å². The molecule has 0 bridgehead atoms. The van der Waals surface area contributed by atoms with Gasteiger partial charge in [0.05, 0.1) is 0 Å². The van der Waals surface area contributed by atoms with E-state index in [0.29, 0.717) is 0 Å². The van der Waals surface area contributed by atoms with Crippen molar-refractivity contribution < 1.29 is 28.6 Å². The summed E-state index contributed by atoms with van der Waals surface area (Å²) in [4.78, 5) is 0. The van der Waals surface area contributed by atoms with Gasteiger partial charge in [-0.15, -0.1) is 0 Å². The highest BCUT2D eigenvalue weighted by Gasteiger charge is 2.32. The van der Waals surface area contributed by atoms with Crippen molar-refractivity contribution in [1.29, 1.82) is 0 Å². The first-order valence-electron chi connectivity index (χ1n) is 9.16. The smallest absolute Gasteiger partial charge is 0.186 e. The predicted molar refractivity (Wildman–Crippen MR) is 96.1 cm³/mol. The molecule has 0 amide bonds. The first-order valence-corrected chi connectivity index (χ1v) is 9.16. The van der Waals surface area contributed by atoms with Crippen molar-refractivity contribution >= 4 is 5.71 Å². The van der Waals surface area contributed by atoms with Gasteiger partial charge < -0.3 is 24.0 Å². The van der Waals surface area contributed by atoms with Gasteiger partial charge >= 0.3 is 0 Å². The van der Waals surface area contributed by atoms with Crippen LogP contribution in [0.2, 0.25) is 0 Å². The predicted octanol–water partition coefficient (Wildman–Crippen LogP) is 1.83. The van der Waals surface area contributed by atoms with Crippen LogP contribution >= 0.6 is 0 Å². The van der Waals surface area contributed by atoms with Crippen molar-refractivity contribution in [3.8, 4) is 0 Å². The molecule has 0 N–H and O–H groups in total. The Labute approximate surface area is 162 Å². The topological polar surface area (TPSA) is 3.01 Å². The largest absolute Gasteiger partial charge is 1.00 e. The van der Waals surface area contributed by atoms with E-state index in [4.69, 9.17) is 0 Å². The van der Waals surface area contributed by atoms with E-state index >= 15 is 0 Å². The second-order valence-electron chi connectivity index (χ2n) is 7.03. The highest BCUT2D eigenvalue weighted by Crippen LogP contribution is 2.30. The number of benzene rings is 2. The Morgan fingerprint density at radius 2 is 1.54 bits per heavy atom. The van der Waals surface area contributed by atoms with Crippen LogP contribution in [0, 0.1) is 5.92 Å². The van der Waals surface area contributed by atoms with Crippen LogP contribution in [0.1, 0.15) is 48.8 Å². The lowest BCUT2D eigenvalue weighted by molar-refractivity contribution is -0.547. The fourth-order valence-corrected chi connectivity index (χ4v) is 4.36. The number of hydrogen-bond acceptors (Lipinski definition) is 0. The highest BCUT2D eigenvalue weighted by molar-refractivity contribution is 6.00. The van der Waals surface area contributed by atoms with Crippen molar-refractivity contribution in [3.05, 3.63) is 71.3 Å². The van der Waals surface area contributed by atoms with E-state index in [0.717, 1.165) is 19.0 Å². The summed E-state index contributed by atoms with van der Waals surface area (Å²) in [6, 6.07) is 20.1. The van der Waals surface area contributed by atoms with E-state index in [9.17, 15) is 0 Å². The first-order chi connectivity index (χ1) is 11.4. The maximum atomic E-state index is 2.67. The molecule has 1 aliphatic heterocycles. The van der Waals surface area contributed by atoms with E-state index < -0.39 is 0 Å². The summed E-state index contributed by atoms with van der Waals surface area (Å²) in [5.41, 5.74) is 6.15. The van der Waals surface area contributed by atoms with Gasteiger partial charge in [-0.05, 0) is 24.5 Å². The Balaban J connectivity index is 0.00000169. The molecular weight excluding hydrogens is 405 g/mol. The van der Waals surface area contributed by atoms with E-state index in [1.807, 2.05) is 0 Å². The standard InChI is InChI=1S/C22H26N.HI/c1-3-9-18(10-4-1)17-23-16-15-19-11-7-8-14-21(19)22(23)20-12-5-2-6-13-20;/h1,3-4,7-11,14,20H,2,5-6,12-13,15-17H2;1H/q+1;/p-1. The molecular formula is C22H26IN. The van der Waals surface area contributed by atoms with Gasteiger partial charge in [-0.25, -0.2) is 4.58 Å². The summed E-state index contributed by atoms with van der Waals surface area (Å²) in [6.45, 7) is 2.22. The summed E-state index contributed by atoms with van der Waals surface area (Å²) in [5, 5.41) is 0. The van der Waals surface area contributed by atoms with E-state index in [-0.39, 0.29) is 24.0 Å². The summed E-state index contributed by atoms with van der Waals surface area (Å²) in [7, 11) is 0. The lowest BCUT2D eigenvalue weighted by atomic mass is 9.80. The molecule has 2 heteroatoms. The zero-order valence-corrected chi connectivity index (χ0v) is 16.4. The van der Waals surface area contributed by atoms with Crippen LogP contribution in [0.5, 0.6) is 0 Å². The molecule has 24 heavy (non-hydrogen) atoms. The van der Waals surface area contributed by atoms with Gasteiger partial charge in [-0.3, -0.25) is 0 Å². The Morgan fingerprint density at radius 3 is 2.33 bits per heavy atom. The number of fused-ring (bicyclic) bond motifs is 1. The second kappa shape index (κ2) is 8.28. The van der Waals surface area contributed by atoms with Crippen molar-refractivity contribution in [2.24, 2.45) is 5.92 Å². The van der Waals surface area contributed by atoms with Gasteiger partial charge in [0.2, 0.25) is 0 Å². The van der Waals surface area contributed by atoms with E-state index in [1.54, 1.807) is 11.3 Å². The van der Waals surface area contributed by atoms with Crippen LogP contribution in [0.3, 0.4) is 0 Å². The average Bonchev–Trinajstić information content (AvgIpc) is 2.63. The van der Waals surface area contributed by atoms with Crippen LogP contribution in [0.15, 0.2) is 54.6 Å². The molecule has 2 aliphatic rings. The summed E-state index contributed by atoms with van der Waals surface area (Å²) >= 11 is 0. The molecule has 126 valence electrons. The normalized spacial score (nSPS) is 18.0. The van der Waals surface area contributed by atoms with Crippen LogP contribution in [-0.4, -0.2) is 16.8 Å². The van der Waals surface area contributed by atoms with Crippen molar-refractivity contribution in [3.63, 3.8) is 0 Å². The lowest BCUT2D eigenvalue weighted by Crippen LogP contribution is -3.00. The van der Waals surface area contributed by atoms with Crippen LogP contribution in [0.25, 0.3) is 0 Å². The zero-order chi connectivity index (χ0) is 15.5. The third kappa shape index (κ3) is 3.74. The third-order valence-corrected chi connectivity index (χ3v) is 5.49. The SMILES string of the molecule is [I-].c1ccc(C[N+]2=C(C3CCCCC3)c3ccccc3CC2)cc1. The summed E-state index contributed by atoms with van der Waals surface area (Å²) < 4.78 is 2.67. The van der Waals surface area contributed by atoms with E-state index in [2.05, 4.69) is 59.2 Å². The van der Waals surface area contributed by atoms with Gasteiger partial charge in [-0.1, -0.05) is 67.8 Å². The number of hydrogen-bond donors (Lipinski definition) is 0. The average molecular weight is 431 g/mol. The Hall–Kier alpha value is -1.16. The quantitative estimate of drug-likeness (QED) is 0.516. The molecule has 1 saturated carbocycles. The zero-order valence-electron chi connectivity index (χ0n) is 14.3. The lowest BCUT2D eigenvalue weighted by Gasteiger charge is -2.27. The molecule has 1 aliphatic carbocycles. The van der Waals surface area contributed by atoms with Crippen molar-refractivity contribution in [1.82, 2.24) is 0 Å². The number of rotatable bonds is 3. The fourth-order valence-electron chi connectivity index (χ4n) is 4.36. The maximum absolute atomic E-state index is 2.67. The second-order valence-corrected chi connectivity index (χ2v) is 7.03. The molecule has 4 rings (SSSR count). The van der Waals surface area contributed by atoms with Gasteiger partial charge in [0.15, 0.2) is 12.3 Å². The first kappa shape index (κ1) is 17.7. The molecule has 0 atom stereocenters. The van der Waals surface area contributed by atoms with Gasteiger partial charge in [0.25, 0.3) is 0 Å². The molecule has 0 aromatic heterocycles. The molecule has 1 heterocycles. The van der Waals surface area contributed by atoms with Crippen LogP contribution < -0.4 is 24.0 Å². The van der Waals surface area contributed by atoms with Crippen LogP contribution in [-0.2, 0) is 13.0 Å². The Bertz CT molecular complexity index is 699. The number of halogens is 1. The molecule has 0 unspecified atom stereocenters. The molecule has 2 aromatic rings. The molecule has 0 spiro atoms. The minimum Gasteiger partial charge on any atom is -1.00 e. The molecule has 0 saturated heterocycles. The fraction of sp³-hybridized carbons (Fsp3) is 0.409. The van der Waals surface area contributed by atoms with Crippen LogP contribution in [0.4, 0.5) is 0 Å². The number of nitrogens with zero attached hydrogens (tertiary/aromatic N) is 1. The Kier molecular flexibility index (Phi) is 6.09. The summed E-state index contributed by atoms with van der Waals surface area (Å²) in [6.07, 6.45) is 8.14. The minimum atomic E-state index is 0. The maximum Gasteiger partial charge on any atom is 0.186 e. The van der Waals surface area contributed by atoms with E-state index in [1.165, 1.54) is 49.7 Å². The molecule has 1 nitrogen and oxygen atoms in total. The monoisotopic (exact) mass is 431 g/mol. The Morgan fingerprint density at radius 1 is 0.833 bits per heavy atom.